The van der Waals surface area contributed by atoms with Crippen molar-refractivity contribution in [3.8, 4) is 11.1 Å². The monoisotopic (exact) mass is 480 g/mol. The topological polar surface area (TPSA) is 105 Å². The van der Waals surface area contributed by atoms with Crippen LogP contribution >= 0.6 is 0 Å². The van der Waals surface area contributed by atoms with Gasteiger partial charge in [-0.3, -0.25) is 4.79 Å². The summed E-state index contributed by atoms with van der Waals surface area (Å²) in [6, 6.07) is 19.1. The summed E-state index contributed by atoms with van der Waals surface area (Å²) >= 11 is 0. The highest BCUT2D eigenvalue weighted by Gasteiger charge is 2.30. The van der Waals surface area contributed by atoms with Crippen LogP contribution in [0, 0.1) is 0 Å². The largest absolute Gasteiger partial charge is 0.478 e. The molecule has 1 atom stereocenters. The fraction of sp³-hybridized carbons (Fsp3) is 0.192. The third kappa shape index (κ3) is 5.46. The summed E-state index contributed by atoms with van der Waals surface area (Å²) in [7, 11) is 0. The van der Waals surface area contributed by atoms with Crippen LogP contribution in [0.15, 0.2) is 72.8 Å². The molecule has 1 unspecified atom stereocenters. The van der Waals surface area contributed by atoms with Gasteiger partial charge < -0.3 is 20.5 Å². The molecule has 0 aromatic heterocycles. The zero-order chi connectivity index (χ0) is 24.9. The lowest BCUT2D eigenvalue weighted by Crippen LogP contribution is -2.45. The molecule has 35 heavy (non-hydrogen) atoms. The van der Waals surface area contributed by atoms with Gasteiger partial charge in [0.1, 0.15) is 12.6 Å². The molecule has 0 bridgehead atoms. The minimum atomic E-state index is -2.85. The van der Waals surface area contributed by atoms with Gasteiger partial charge in [0.15, 0.2) is 0 Å². The molecular formula is C26H22F2N2O5. The number of carbonyl (C=O) groups is 3. The number of rotatable bonds is 8. The summed E-state index contributed by atoms with van der Waals surface area (Å²) in [4.78, 5) is 36.0. The molecule has 3 aromatic rings. The molecule has 9 heteroatoms. The number of fused-ring (bicyclic) bond motifs is 3. The second-order valence-corrected chi connectivity index (χ2v) is 8.02. The van der Waals surface area contributed by atoms with E-state index in [0.717, 1.165) is 22.3 Å². The van der Waals surface area contributed by atoms with Crippen molar-refractivity contribution in [2.75, 3.05) is 11.9 Å². The van der Waals surface area contributed by atoms with Gasteiger partial charge in [0, 0.05) is 18.0 Å². The Kier molecular flexibility index (Phi) is 7.05. The zero-order valence-electron chi connectivity index (χ0n) is 18.4. The minimum absolute atomic E-state index is 0.00360. The average molecular weight is 480 g/mol. The van der Waals surface area contributed by atoms with Gasteiger partial charge in [-0.1, -0.05) is 48.5 Å². The Morgan fingerprint density at radius 2 is 1.46 bits per heavy atom. The van der Waals surface area contributed by atoms with Crippen LogP contribution in [0.4, 0.5) is 19.3 Å². The number of hydrogen-bond acceptors (Lipinski definition) is 4. The van der Waals surface area contributed by atoms with Gasteiger partial charge in [-0.15, -0.1) is 0 Å². The Bertz CT molecular complexity index is 1200. The number of carbonyl (C=O) groups excluding carboxylic acids is 2. The van der Waals surface area contributed by atoms with E-state index in [4.69, 9.17) is 9.84 Å². The average Bonchev–Trinajstić information content (AvgIpc) is 3.16. The number of nitrogens with one attached hydrogen (secondary N) is 2. The first kappa shape index (κ1) is 23.9. The summed E-state index contributed by atoms with van der Waals surface area (Å²) in [6.45, 7) is -0.0282. The SMILES string of the molecule is O=C(NC(CC(F)F)C(=O)Nc1ccc(C(=O)O)cc1)OCC1c2ccccc2-c2ccccc21. The van der Waals surface area contributed by atoms with Gasteiger partial charge in [0.05, 0.1) is 5.56 Å². The number of alkyl carbamates (subject to hydrolysis) is 1. The smallest absolute Gasteiger partial charge is 0.407 e. The van der Waals surface area contributed by atoms with E-state index >= 15 is 0 Å². The highest BCUT2D eigenvalue weighted by atomic mass is 19.3. The molecule has 3 aromatic carbocycles. The summed E-state index contributed by atoms with van der Waals surface area (Å²) in [6.07, 6.45) is -4.76. The van der Waals surface area contributed by atoms with E-state index < -0.39 is 36.9 Å². The fourth-order valence-electron chi connectivity index (χ4n) is 4.12. The molecule has 0 fully saturated rings. The predicted octanol–water partition coefficient (Wildman–Crippen LogP) is 4.89. The lowest BCUT2D eigenvalue weighted by atomic mass is 9.98. The highest BCUT2D eigenvalue weighted by Crippen LogP contribution is 2.44. The summed E-state index contributed by atoms with van der Waals surface area (Å²) in [5.41, 5.74) is 4.28. The lowest BCUT2D eigenvalue weighted by Gasteiger charge is -2.19. The normalized spacial score (nSPS) is 13.0. The van der Waals surface area contributed by atoms with Crippen LogP contribution in [0.25, 0.3) is 11.1 Å². The molecule has 4 rings (SSSR count). The van der Waals surface area contributed by atoms with Gasteiger partial charge in [-0.25, -0.2) is 18.4 Å². The number of carboxylic acid groups (broad SMARTS) is 1. The number of alkyl halides is 2. The number of amides is 2. The molecule has 0 saturated carbocycles. The highest BCUT2D eigenvalue weighted by molar-refractivity contribution is 5.97. The number of benzene rings is 3. The van der Waals surface area contributed by atoms with Crippen LogP contribution in [0.1, 0.15) is 33.8 Å². The Labute approximate surface area is 199 Å². The maximum absolute atomic E-state index is 13.1. The van der Waals surface area contributed by atoms with E-state index in [2.05, 4.69) is 10.6 Å². The van der Waals surface area contributed by atoms with E-state index in [9.17, 15) is 23.2 Å². The van der Waals surface area contributed by atoms with E-state index in [0.29, 0.717) is 0 Å². The maximum Gasteiger partial charge on any atom is 0.407 e. The molecule has 0 saturated heterocycles. The van der Waals surface area contributed by atoms with E-state index in [1.165, 1.54) is 24.3 Å². The molecule has 0 spiro atoms. The zero-order valence-corrected chi connectivity index (χ0v) is 18.4. The third-order valence-electron chi connectivity index (χ3n) is 5.77. The van der Waals surface area contributed by atoms with Crippen LogP contribution in [0.3, 0.4) is 0 Å². The van der Waals surface area contributed by atoms with Crippen molar-refractivity contribution < 1.29 is 33.0 Å². The van der Waals surface area contributed by atoms with Gasteiger partial charge in [0.25, 0.3) is 0 Å². The minimum Gasteiger partial charge on any atom is -0.478 e. The first-order chi connectivity index (χ1) is 16.8. The van der Waals surface area contributed by atoms with Crippen LogP contribution in [0.5, 0.6) is 0 Å². The number of aromatic carboxylic acids is 1. The van der Waals surface area contributed by atoms with Gasteiger partial charge in [-0.2, -0.15) is 0 Å². The number of carboxylic acids is 1. The van der Waals surface area contributed by atoms with Gasteiger partial charge in [0.2, 0.25) is 12.3 Å². The van der Waals surface area contributed by atoms with E-state index in [-0.39, 0.29) is 23.8 Å². The molecule has 1 aliphatic rings. The van der Waals surface area contributed by atoms with Crippen LogP contribution in [0.2, 0.25) is 0 Å². The molecular weight excluding hydrogens is 458 g/mol. The fourth-order valence-corrected chi connectivity index (χ4v) is 4.12. The van der Waals surface area contributed by atoms with Gasteiger partial charge in [-0.05, 0) is 46.5 Å². The Morgan fingerprint density at radius 3 is 2.00 bits per heavy atom. The molecule has 1 aliphatic carbocycles. The van der Waals surface area contributed by atoms with Crippen molar-refractivity contribution >= 4 is 23.7 Å². The molecule has 3 N–H and O–H groups in total. The quantitative estimate of drug-likeness (QED) is 0.426. The molecule has 0 radical (unpaired) electrons. The Morgan fingerprint density at radius 1 is 0.886 bits per heavy atom. The summed E-state index contributed by atoms with van der Waals surface area (Å²) in [5, 5.41) is 13.6. The lowest BCUT2D eigenvalue weighted by molar-refractivity contribution is -0.119. The van der Waals surface area contributed by atoms with E-state index in [1.54, 1.807) is 0 Å². The number of anilines is 1. The second kappa shape index (κ2) is 10.3. The van der Waals surface area contributed by atoms with Crippen molar-refractivity contribution in [2.24, 2.45) is 0 Å². The molecule has 2 amide bonds. The molecule has 0 heterocycles. The van der Waals surface area contributed by atoms with E-state index in [1.807, 2.05) is 48.5 Å². The van der Waals surface area contributed by atoms with Crippen LogP contribution in [-0.2, 0) is 9.53 Å². The number of ether oxygens (including phenoxy) is 1. The maximum atomic E-state index is 13.1. The predicted molar refractivity (Wildman–Crippen MR) is 125 cm³/mol. The van der Waals surface area contributed by atoms with Crippen molar-refractivity contribution in [3.05, 3.63) is 89.5 Å². The van der Waals surface area contributed by atoms with Crippen molar-refractivity contribution in [2.45, 2.75) is 24.8 Å². The Hall–Kier alpha value is -4.27. The number of halogens is 2. The van der Waals surface area contributed by atoms with Crippen molar-refractivity contribution in [1.29, 1.82) is 0 Å². The Balaban J connectivity index is 1.41. The molecule has 180 valence electrons. The summed E-state index contributed by atoms with van der Waals surface area (Å²) in [5.74, 6) is -2.24. The first-order valence-electron chi connectivity index (χ1n) is 10.9. The first-order valence-corrected chi connectivity index (χ1v) is 10.9. The number of hydrogen-bond donors (Lipinski definition) is 3. The van der Waals surface area contributed by atoms with Crippen LogP contribution in [-0.4, -0.2) is 42.2 Å². The van der Waals surface area contributed by atoms with Crippen molar-refractivity contribution in [1.82, 2.24) is 5.32 Å². The third-order valence-corrected chi connectivity index (χ3v) is 5.77. The molecule has 7 nitrogen and oxygen atoms in total. The summed E-state index contributed by atoms with van der Waals surface area (Å²) < 4.78 is 31.6. The standard InChI is InChI=1S/C26H22F2N2O5/c27-23(28)13-22(24(31)29-16-11-9-15(10-12-16)25(32)33)30-26(34)35-14-21-19-7-3-1-5-17(19)18-6-2-4-8-20(18)21/h1-12,21-23H,13-14H2,(H,29,31)(H,30,34)(H,32,33). The molecule has 0 aliphatic heterocycles. The van der Waals surface area contributed by atoms with Crippen LogP contribution < -0.4 is 10.6 Å². The van der Waals surface area contributed by atoms with Gasteiger partial charge >= 0.3 is 12.1 Å². The van der Waals surface area contributed by atoms with Crippen molar-refractivity contribution in [3.63, 3.8) is 0 Å². The second-order valence-electron chi connectivity index (χ2n) is 8.02.